The molecule has 9 heteroatoms. The Hall–Kier alpha value is -4.08. The van der Waals surface area contributed by atoms with Crippen LogP contribution in [-0.2, 0) is 0 Å². The molecule has 3 aromatic rings. The van der Waals surface area contributed by atoms with E-state index in [1.54, 1.807) is 25.4 Å². The SMILES string of the molecule is C=N/C(=C\C(=N/CNCCO)c1ccnc(C(=O)NC)c1)c1cc(-c2cc(C3CC3)cnn2)ccc1C. The first-order chi connectivity index (χ1) is 18.0. The van der Waals surface area contributed by atoms with Crippen LogP contribution in [0.25, 0.3) is 17.0 Å². The number of carbonyl (C=O) groups excluding carboxylic acids is 1. The second-order valence-corrected chi connectivity index (χ2v) is 8.80. The van der Waals surface area contributed by atoms with Gasteiger partial charge in [0.1, 0.15) is 5.69 Å². The Bertz CT molecular complexity index is 1350. The smallest absolute Gasteiger partial charge is 0.269 e. The quantitative estimate of drug-likeness (QED) is 0.276. The summed E-state index contributed by atoms with van der Waals surface area (Å²) in [5.74, 6) is 0.298. The summed E-state index contributed by atoms with van der Waals surface area (Å²) >= 11 is 0. The zero-order valence-electron chi connectivity index (χ0n) is 21.1. The fourth-order valence-electron chi connectivity index (χ4n) is 3.92. The molecule has 0 saturated heterocycles. The van der Waals surface area contributed by atoms with Crippen molar-refractivity contribution < 1.29 is 9.90 Å². The number of aliphatic hydroxyl groups is 1. The van der Waals surface area contributed by atoms with E-state index in [0.717, 1.165) is 22.4 Å². The standard InChI is InChI=1S/C28H31N7O2/c1-18-4-5-20(25-14-22(16-34-35-25)19-6-7-19)12-23(18)26(29-2)15-24(33-17-31-10-11-36)21-8-9-32-27(13-21)28(37)30-3/h4-5,8-9,12-16,19,31,36H,2,6-7,10-11,17H2,1,3H3,(H,30,37)/b26-15-,33-24+. The molecule has 9 nitrogen and oxygen atoms in total. The molecule has 1 aliphatic rings. The summed E-state index contributed by atoms with van der Waals surface area (Å²) in [6, 6.07) is 11.7. The van der Waals surface area contributed by atoms with Crippen LogP contribution in [0.2, 0.25) is 0 Å². The lowest BCUT2D eigenvalue weighted by molar-refractivity contribution is 0.0958. The number of pyridine rings is 1. The third-order valence-corrected chi connectivity index (χ3v) is 6.14. The molecule has 1 aromatic carbocycles. The van der Waals surface area contributed by atoms with Crippen molar-refractivity contribution in [2.75, 3.05) is 26.9 Å². The number of benzene rings is 1. The molecule has 2 aromatic heterocycles. The topological polar surface area (TPSA) is 125 Å². The maximum atomic E-state index is 12.2. The van der Waals surface area contributed by atoms with Gasteiger partial charge in [0.05, 0.1) is 36.6 Å². The van der Waals surface area contributed by atoms with Crippen molar-refractivity contribution in [2.24, 2.45) is 9.98 Å². The van der Waals surface area contributed by atoms with Crippen molar-refractivity contribution in [3.05, 3.63) is 82.8 Å². The van der Waals surface area contributed by atoms with Gasteiger partial charge in [-0.15, -0.1) is 0 Å². The molecular weight excluding hydrogens is 466 g/mol. The number of hydrogen-bond acceptors (Lipinski definition) is 8. The van der Waals surface area contributed by atoms with Crippen LogP contribution in [-0.4, -0.2) is 65.5 Å². The molecule has 0 bridgehead atoms. The minimum atomic E-state index is -0.288. The Morgan fingerprint density at radius 3 is 2.81 bits per heavy atom. The first kappa shape index (κ1) is 26.0. The van der Waals surface area contributed by atoms with E-state index < -0.39 is 0 Å². The van der Waals surface area contributed by atoms with Gasteiger partial charge < -0.3 is 10.4 Å². The highest BCUT2D eigenvalue weighted by Gasteiger charge is 2.24. The number of aryl methyl sites for hydroxylation is 1. The van der Waals surface area contributed by atoms with Gasteiger partial charge in [-0.2, -0.15) is 10.2 Å². The number of aliphatic imine (C=N–C) groups is 2. The highest BCUT2D eigenvalue weighted by atomic mass is 16.3. The number of carbonyl (C=O) groups is 1. The van der Waals surface area contributed by atoms with Crippen LogP contribution in [0.4, 0.5) is 0 Å². The van der Waals surface area contributed by atoms with Crippen molar-refractivity contribution in [3.8, 4) is 11.3 Å². The molecule has 2 heterocycles. The van der Waals surface area contributed by atoms with Crippen molar-refractivity contribution in [1.82, 2.24) is 25.8 Å². The van der Waals surface area contributed by atoms with Crippen molar-refractivity contribution >= 4 is 24.0 Å². The predicted octanol–water partition coefficient (Wildman–Crippen LogP) is 3.15. The Balaban J connectivity index is 1.74. The van der Waals surface area contributed by atoms with E-state index in [1.807, 2.05) is 37.4 Å². The number of allylic oxidation sites excluding steroid dienone is 1. The van der Waals surface area contributed by atoms with Crippen molar-refractivity contribution in [1.29, 1.82) is 0 Å². The summed E-state index contributed by atoms with van der Waals surface area (Å²) in [5, 5.41) is 23.3. The average Bonchev–Trinajstić information content (AvgIpc) is 3.79. The average molecular weight is 498 g/mol. The van der Waals surface area contributed by atoms with E-state index in [4.69, 9.17) is 5.11 Å². The van der Waals surface area contributed by atoms with E-state index >= 15 is 0 Å². The molecular formula is C28H31N7O2. The minimum Gasteiger partial charge on any atom is -0.395 e. The van der Waals surface area contributed by atoms with E-state index in [-0.39, 0.29) is 24.9 Å². The van der Waals surface area contributed by atoms with Crippen molar-refractivity contribution in [2.45, 2.75) is 25.7 Å². The number of rotatable bonds is 11. The van der Waals surface area contributed by atoms with Gasteiger partial charge in [0.15, 0.2) is 0 Å². The number of aromatic nitrogens is 3. The first-order valence-electron chi connectivity index (χ1n) is 12.2. The van der Waals surface area contributed by atoms with E-state index in [2.05, 4.69) is 48.6 Å². The predicted molar refractivity (Wildman–Crippen MR) is 146 cm³/mol. The van der Waals surface area contributed by atoms with Gasteiger partial charge >= 0.3 is 0 Å². The van der Waals surface area contributed by atoms with Crippen molar-refractivity contribution in [3.63, 3.8) is 0 Å². The first-order valence-corrected chi connectivity index (χ1v) is 12.2. The number of aliphatic hydroxyl groups excluding tert-OH is 1. The van der Waals surface area contributed by atoms with Gasteiger partial charge in [-0.05, 0) is 73.9 Å². The van der Waals surface area contributed by atoms with Gasteiger partial charge in [0.2, 0.25) is 0 Å². The zero-order valence-corrected chi connectivity index (χ0v) is 21.1. The molecule has 0 spiro atoms. The second-order valence-electron chi connectivity index (χ2n) is 8.80. The lowest BCUT2D eigenvalue weighted by Gasteiger charge is -2.11. The molecule has 0 atom stereocenters. The van der Waals surface area contributed by atoms with Gasteiger partial charge in [-0.3, -0.25) is 25.1 Å². The molecule has 0 unspecified atom stereocenters. The van der Waals surface area contributed by atoms with Crippen LogP contribution in [0, 0.1) is 6.92 Å². The molecule has 190 valence electrons. The van der Waals surface area contributed by atoms with Crippen LogP contribution >= 0.6 is 0 Å². The van der Waals surface area contributed by atoms with Gasteiger partial charge in [-0.1, -0.05) is 12.1 Å². The van der Waals surface area contributed by atoms with Gasteiger partial charge in [-0.25, -0.2) is 0 Å². The Labute approximate surface area is 216 Å². The monoisotopic (exact) mass is 497 g/mol. The lowest BCUT2D eigenvalue weighted by atomic mass is 9.98. The number of hydrogen-bond donors (Lipinski definition) is 3. The minimum absolute atomic E-state index is 0.00700. The maximum absolute atomic E-state index is 12.2. The summed E-state index contributed by atoms with van der Waals surface area (Å²) in [6.07, 6.45) is 7.66. The summed E-state index contributed by atoms with van der Waals surface area (Å²) in [7, 11) is 1.56. The largest absolute Gasteiger partial charge is 0.395 e. The Morgan fingerprint density at radius 2 is 2.08 bits per heavy atom. The molecule has 37 heavy (non-hydrogen) atoms. The number of amides is 1. The fraction of sp³-hybridized carbons (Fsp3) is 0.286. The van der Waals surface area contributed by atoms with E-state index in [9.17, 15) is 4.79 Å². The third kappa shape index (κ3) is 6.58. The summed E-state index contributed by atoms with van der Waals surface area (Å²) in [4.78, 5) is 25.3. The highest BCUT2D eigenvalue weighted by Crippen LogP contribution is 2.40. The molecule has 0 aliphatic heterocycles. The summed E-state index contributed by atoms with van der Waals surface area (Å²) in [6.45, 7) is 6.52. The second kappa shape index (κ2) is 12.2. The van der Waals surface area contributed by atoms with Crippen LogP contribution in [0.15, 0.2) is 64.9 Å². The molecule has 1 saturated carbocycles. The molecule has 1 aliphatic carbocycles. The fourth-order valence-corrected chi connectivity index (χ4v) is 3.92. The number of nitrogens with one attached hydrogen (secondary N) is 2. The zero-order chi connectivity index (χ0) is 26.2. The van der Waals surface area contributed by atoms with E-state index in [1.165, 1.54) is 18.4 Å². The summed E-state index contributed by atoms with van der Waals surface area (Å²) < 4.78 is 0. The van der Waals surface area contributed by atoms with E-state index in [0.29, 0.717) is 29.4 Å². The molecule has 1 amide bonds. The normalized spacial score (nSPS) is 13.9. The van der Waals surface area contributed by atoms with Gasteiger partial charge in [0.25, 0.3) is 5.91 Å². The molecule has 4 rings (SSSR count). The molecule has 0 radical (unpaired) electrons. The van der Waals surface area contributed by atoms with Crippen LogP contribution < -0.4 is 10.6 Å². The Kier molecular flexibility index (Phi) is 8.60. The maximum Gasteiger partial charge on any atom is 0.269 e. The van der Waals surface area contributed by atoms with Crippen LogP contribution in [0.5, 0.6) is 0 Å². The molecule has 3 N–H and O–H groups in total. The third-order valence-electron chi connectivity index (χ3n) is 6.14. The molecule has 1 fully saturated rings. The number of nitrogens with zero attached hydrogens (tertiary/aromatic N) is 5. The Morgan fingerprint density at radius 1 is 1.24 bits per heavy atom. The van der Waals surface area contributed by atoms with Crippen LogP contribution in [0.3, 0.4) is 0 Å². The lowest BCUT2D eigenvalue weighted by Crippen LogP contribution is -2.20. The highest BCUT2D eigenvalue weighted by molar-refractivity contribution is 6.13. The van der Waals surface area contributed by atoms with Gasteiger partial charge in [0, 0.05) is 36.5 Å². The summed E-state index contributed by atoms with van der Waals surface area (Å²) in [5.41, 5.74) is 7.11. The van der Waals surface area contributed by atoms with Crippen LogP contribution in [0.1, 0.15) is 51.5 Å².